The fraction of sp³-hybridized carbons (Fsp3) is 0.500. The number of unbranched alkanes of at least 4 members (excludes halogenated alkanes) is 3. The highest BCUT2D eigenvalue weighted by atomic mass is 15.3. The summed E-state index contributed by atoms with van der Waals surface area (Å²) in [4.78, 5) is 0. The Hall–Kier alpha value is -1.61. The summed E-state index contributed by atoms with van der Waals surface area (Å²) in [5.41, 5.74) is 2.47. The van der Waals surface area contributed by atoms with Gasteiger partial charge in [0.2, 0.25) is 0 Å². The van der Waals surface area contributed by atoms with E-state index in [1.807, 2.05) is 6.08 Å². The largest absolute Gasteiger partial charge is 0.308 e. The second kappa shape index (κ2) is 6.90. The first kappa shape index (κ1) is 14.3. The fourth-order valence-electron chi connectivity index (χ4n) is 2.75. The molecule has 0 bridgehead atoms. The molecule has 1 heterocycles. The van der Waals surface area contributed by atoms with Crippen LogP contribution in [0.3, 0.4) is 0 Å². The van der Waals surface area contributed by atoms with Crippen LogP contribution in [0.4, 0.5) is 0 Å². The van der Waals surface area contributed by atoms with Crippen molar-refractivity contribution in [2.45, 2.75) is 57.7 Å². The lowest BCUT2D eigenvalue weighted by Crippen LogP contribution is -2.16. The number of hydrogen-bond donors (Lipinski definition) is 1. The van der Waals surface area contributed by atoms with Gasteiger partial charge in [0.05, 0.1) is 11.2 Å². The summed E-state index contributed by atoms with van der Waals surface area (Å²) < 4.78 is 2.19. The summed E-state index contributed by atoms with van der Waals surface area (Å²) >= 11 is 0. The van der Waals surface area contributed by atoms with E-state index in [-0.39, 0.29) is 0 Å². The van der Waals surface area contributed by atoms with Crippen LogP contribution in [0.2, 0.25) is 0 Å². The van der Waals surface area contributed by atoms with Gasteiger partial charge < -0.3 is 5.32 Å². The average molecular weight is 283 g/mol. The van der Waals surface area contributed by atoms with Crippen molar-refractivity contribution in [3.05, 3.63) is 42.6 Å². The molecule has 1 saturated carbocycles. The van der Waals surface area contributed by atoms with Crippen LogP contribution >= 0.6 is 0 Å². The lowest BCUT2D eigenvalue weighted by molar-refractivity contribution is 0.548. The summed E-state index contributed by atoms with van der Waals surface area (Å²) in [5, 5.41) is 9.72. The molecule has 3 heteroatoms. The molecule has 1 aromatic carbocycles. The smallest absolute Gasteiger partial charge is 0.0841 e. The molecule has 0 radical (unpaired) electrons. The Morgan fingerprint density at radius 3 is 2.90 bits per heavy atom. The summed E-state index contributed by atoms with van der Waals surface area (Å²) in [5.74, 6) is 0. The molecule has 1 aliphatic rings. The Bertz CT molecular complexity index is 596. The molecule has 1 aromatic heterocycles. The van der Waals surface area contributed by atoms with Crippen LogP contribution in [0.1, 0.15) is 44.2 Å². The van der Waals surface area contributed by atoms with Gasteiger partial charge in [-0.2, -0.15) is 5.10 Å². The summed E-state index contributed by atoms with van der Waals surface area (Å²) in [6, 6.07) is 9.33. The zero-order chi connectivity index (χ0) is 14.5. The molecule has 3 nitrogen and oxygen atoms in total. The standard InChI is InChI=1S/C18H25N3/c1-2-3-4-5-8-13-21-18-10-7-6-9-16(18)17(20-21)14-19-15-11-12-15/h2,6-7,9-10,15,19H,1,3-5,8,11-14H2. The Kier molecular flexibility index (Phi) is 4.71. The number of rotatable bonds is 9. The van der Waals surface area contributed by atoms with E-state index in [1.165, 1.54) is 48.7 Å². The number of aryl methyl sites for hydroxylation is 1. The molecular weight excluding hydrogens is 258 g/mol. The van der Waals surface area contributed by atoms with Crippen LogP contribution in [-0.2, 0) is 13.1 Å². The third-order valence-corrected chi connectivity index (χ3v) is 4.15. The van der Waals surface area contributed by atoms with Crippen molar-refractivity contribution in [2.75, 3.05) is 0 Å². The van der Waals surface area contributed by atoms with Crippen molar-refractivity contribution in [3.8, 4) is 0 Å². The molecule has 0 amide bonds. The first-order valence-electron chi connectivity index (χ1n) is 8.17. The van der Waals surface area contributed by atoms with Crippen molar-refractivity contribution < 1.29 is 0 Å². The second-order valence-corrected chi connectivity index (χ2v) is 5.98. The zero-order valence-corrected chi connectivity index (χ0v) is 12.7. The Labute approximate surface area is 127 Å². The van der Waals surface area contributed by atoms with Gasteiger partial charge in [0.1, 0.15) is 0 Å². The average Bonchev–Trinajstić information content (AvgIpc) is 3.28. The SMILES string of the molecule is C=CCCCCCn1nc(CNC2CC2)c2ccccc21. The zero-order valence-electron chi connectivity index (χ0n) is 12.7. The van der Waals surface area contributed by atoms with Crippen LogP contribution < -0.4 is 5.32 Å². The highest BCUT2D eigenvalue weighted by molar-refractivity contribution is 5.81. The minimum absolute atomic E-state index is 0.729. The summed E-state index contributed by atoms with van der Waals surface area (Å²) in [6.07, 6.45) is 9.44. The number of nitrogens with one attached hydrogen (secondary N) is 1. The van der Waals surface area contributed by atoms with E-state index in [1.54, 1.807) is 0 Å². The molecule has 0 aliphatic heterocycles. The van der Waals surface area contributed by atoms with Crippen LogP contribution in [0, 0.1) is 0 Å². The molecule has 0 atom stereocenters. The van der Waals surface area contributed by atoms with Crippen molar-refractivity contribution in [2.24, 2.45) is 0 Å². The molecule has 3 rings (SSSR count). The first-order chi connectivity index (χ1) is 10.4. The summed E-state index contributed by atoms with van der Waals surface area (Å²) in [7, 11) is 0. The van der Waals surface area contributed by atoms with E-state index in [2.05, 4.69) is 40.8 Å². The van der Waals surface area contributed by atoms with Crippen molar-refractivity contribution in [3.63, 3.8) is 0 Å². The lowest BCUT2D eigenvalue weighted by atomic mass is 10.2. The van der Waals surface area contributed by atoms with Crippen molar-refractivity contribution >= 4 is 10.9 Å². The Morgan fingerprint density at radius 2 is 2.10 bits per heavy atom. The Balaban J connectivity index is 1.66. The number of para-hydroxylation sites is 1. The normalized spacial score (nSPS) is 14.7. The van der Waals surface area contributed by atoms with Crippen molar-refractivity contribution in [1.29, 1.82) is 0 Å². The molecule has 1 aliphatic carbocycles. The number of nitrogens with zero attached hydrogens (tertiary/aromatic N) is 2. The topological polar surface area (TPSA) is 29.9 Å². The molecule has 0 saturated heterocycles. The third kappa shape index (κ3) is 3.73. The van der Waals surface area contributed by atoms with Gasteiger partial charge in [-0.1, -0.05) is 30.7 Å². The van der Waals surface area contributed by atoms with Gasteiger partial charge in [0.15, 0.2) is 0 Å². The van der Waals surface area contributed by atoms with E-state index in [0.29, 0.717) is 0 Å². The van der Waals surface area contributed by atoms with E-state index in [4.69, 9.17) is 5.10 Å². The second-order valence-electron chi connectivity index (χ2n) is 5.98. The van der Waals surface area contributed by atoms with Crippen molar-refractivity contribution in [1.82, 2.24) is 15.1 Å². The minimum atomic E-state index is 0.729. The van der Waals surface area contributed by atoms with Crippen LogP contribution in [-0.4, -0.2) is 15.8 Å². The molecular formula is C18H25N3. The molecule has 1 fully saturated rings. The van der Waals surface area contributed by atoms with Gasteiger partial charge in [0, 0.05) is 24.5 Å². The molecule has 1 N–H and O–H groups in total. The highest BCUT2D eigenvalue weighted by Gasteiger charge is 2.21. The molecule has 21 heavy (non-hydrogen) atoms. The van der Waals surface area contributed by atoms with Gasteiger partial charge in [-0.3, -0.25) is 4.68 Å². The predicted molar refractivity (Wildman–Crippen MR) is 88.3 cm³/mol. The fourth-order valence-corrected chi connectivity index (χ4v) is 2.75. The monoisotopic (exact) mass is 283 g/mol. The highest BCUT2D eigenvalue weighted by Crippen LogP contribution is 2.22. The van der Waals surface area contributed by atoms with E-state index >= 15 is 0 Å². The van der Waals surface area contributed by atoms with Gasteiger partial charge >= 0.3 is 0 Å². The molecule has 0 unspecified atom stereocenters. The maximum atomic E-state index is 4.84. The van der Waals surface area contributed by atoms with E-state index < -0.39 is 0 Å². The van der Waals surface area contributed by atoms with Gasteiger partial charge in [0.25, 0.3) is 0 Å². The number of fused-ring (bicyclic) bond motifs is 1. The van der Waals surface area contributed by atoms with E-state index in [0.717, 1.165) is 25.6 Å². The van der Waals surface area contributed by atoms with Gasteiger partial charge in [-0.05, 0) is 38.2 Å². The number of hydrogen-bond acceptors (Lipinski definition) is 2. The quantitative estimate of drug-likeness (QED) is 0.556. The lowest BCUT2D eigenvalue weighted by Gasteiger charge is -2.03. The maximum Gasteiger partial charge on any atom is 0.0841 e. The third-order valence-electron chi connectivity index (χ3n) is 4.15. The predicted octanol–water partition coefficient (Wildman–Crippen LogP) is 4.03. The number of aromatic nitrogens is 2. The van der Waals surface area contributed by atoms with Gasteiger partial charge in [-0.25, -0.2) is 0 Å². The molecule has 0 spiro atoms. The molecule has 2 aromatic rings. The van der Waals surface area contributed by atoms with Crippen LogP contribution in [0.25, 0.3) is 10.9 Å². The summed E-state index contributed by atoms with van der Waals surface area (Å²) in [6.45, 7) is 5.69. The van der Waals surface area contributed by atoms with Gasteiger partial charge in [-0.15, -0.1) is 6.58 Å². The number of benzene rings is 1. The molecule has 112 valence electrons. The Morgan fingerprint density at radius 1 is 1.24 bits per heavy atom. The van der Waals surface area contributed by atoms with Crippen LogP contribution in [0.15, 0.2) is 36.9 Å². The number of allylic oxidation sites excluding steroid dienone is 1. The minimum Gasteiger partial charge on any atom is -0.308 e. The maximum absolute atomic E-state index is 4.84. The van der Waals surface area contributed by atoms with E-state index in [9.17, 15) is 0 Å². The first-order valence-corrected chi connectivity index (χ1v) is 8.17. The van der Waals surface area contributed by atoms with Crippen LogP contribution in [0.5, 0.6) is 0 Å².